The third-order valence-electron chi connectivity index (χ3n) is 5.43. The Kier molecular flexibility index (Phi) is 10.8. The van der Waals surface area contributed by atoms with Gasteiger partial charge in [0.25, 0.3) is 0 Å². The Morgan fingerprint density at radius 2 is 1.00 bits per heavy atom. The molecule has 24 heavy (non-hydrogen) atoms. The van der Waals surface area contributed by atoms with E-state index in [9.17, 15) is 0 Å². The quantitative estimate of drug-likeness (QED) is 0.418. The number of rotatable bonds is 10. The van der Waals surface area contributed by atoms with Crippen LogP contribution < -0.4 is 0 Å². The van der Waals surface area contributed by atoms with Crippen LogP contribution in [-0.4, -0.2) is 27.1 Å². The van der Waals surface area contributed by atoms with E-state index in [1.54, 1.807) is 0 Å². The molecule has 0 aliphatic heterocycles. The van der Waals surface area contributed by atoms with Crippen molar-refractivity contribution < 1.29 is 13.3 Å². The third kappa shape index (κ3) is 7.15. The van der Waals surface area contributed by atoms with Crippen molar-refractivity contribution in [2.45, 2.75) is 130 Å². The van der Waals surface area contributed by atoms with E-state index in [0.29, 0.717) is 5.54 Å². The summed E-state index contributed by atoms with van der Waals surface area (Å²) in [4.78, 5) is 0. The van der Waals surface area contributed by atoms with Gasteiger partial charge in [0.1, 0.15) is 0 Å². The zero-order chi connectivity index (χ0) is 18.0. The van der Waals surface area contributed by atoms with Crippen molar-refractivity contribution in [3.63, 3.8) is 0 Å². The fourth-order valence-electron chi connectivity index (χ4n) is 3.27. The van der Waals surface area contributed by atoms with Crippen LogP contribution in [0.1, 0.15) is 106 Å². The van der Waals surface area contributed by atoms with Gasteiger partial charge in [-0.1, -0.05) is 52.9 Å². The summed E-state index contributed by atoms with van der Waals surface area (Å²) in [7, 11) is -2.70. The molecule has 144 valence electrons. The van der Waals surface area contributed by atoms with Crippen LogP contribution in [0.2, 0.25) is 5.54 Å². The first kappa shape index (κ1) is 22.1. The standard InChI is InChI=1S/C20H42O3Si/c1-7-17(4)21-24(22-18(5)8-2,23-19(6)9-3)20-15-13-11-10-12-14-16-20/h17-20H,7-16H2,1-6H3. The summed E-state index contributed by atoms with van der Waals surface area (Å²) in [5, 5.41) is 0. The molecule has 0 spiro atoms. The molecular formula is C20H42O3Si. The Hall–Kier alpha value is 0.0969. The van der Waals surface area contributed by atoms with Crippen LogP contribution in [0.15, 0.2) is 0 Å². The molecule has 3 nitrogen and oxygen atoms in total. The predicted molar refractivity (Wildman–Crippen MR) is 104 cm³/mol. The lowest BCUT2D eigenvalue weighted by Gasteiger charge is -2.41. The maximum atomic E-state index is 6.66. The monoisotopic (exact) mass is 358 g/mol. The van der Waals surface area contributed by atoms with Crippen LogP contribution in [0.25, 0.3) is 0 Å². The number of hydrogen-bond donors (Lipinski definition) is 0. The van der Waals surface area contributed by atoms with Gasteiger partial charge in [-0.2, -0.15) is 0 Å². The zero-order valence-electron chi connectivity index (χ0n) is 17.1. The summed E-state index contributed by atoms with van der Waals surface area (Å²) >= 11 is 0. The van der Waals surface area contributed by atoms with E-state index >= 15 is 0 Å². The molecule has 0 heterocycles. The molecule has 1 aliphatic carbocycles. The van der Waals surface area contributed by atoms with Crippen LogP contribution in [0.3, 0.4) is 0 Å². The first-order valence-corrected chi connectivity index (χ1v) is 12.3. The van der Waals surface area contributed by atoms with Gasteiger partial charge in [-0.25, -0.2) is 0 Å². The number of hydrogen-bond acceptors (Lipinski definition) is 3. The minimum atomic E-state index is -2.70. The molecule has 1 saturated carbocycles. The van der Waals surface area contributed by atoms with Crippen molar-refractivity contribution in [1.82, 2.24) is 0 Å². The average molecular weight is 359 g/mol. The van der Waals surface area contributed by atoms with Gasteiger partial charge in [-0.15, -0.1) is 0 Å². The highest BCUT2D eigenvalue weighted by Gasteiger charge is 2.51. The normalized spacial score (nSPS) is 23.8. The summed E-state index contributed by atoms with van der Waals surface area (Å²) < 4.78 is 20.0. The summed E-state index contributed by atoms with van der Waals surface area (Å²) in [6, 6.07) is 0. The fourth-order valence-corrected chi connectivity index (χ4v) is 7.31. The Balaban J connectivity index is 3.08. The van der Waals surface area contributed by atoms with Crippen LogP contribution in [0.4, 0.5) is 0 Å². The molecule has 1 fully saturated rings. The van der Waals surface area contributed by atoms with E-state index in [-0.39, 0.29) is 18.3 Å². The molecular weight excluding hydrogens is 316 g/mol. The van der Waals surface area contributed by atoms with E-state index in [2.05, 4.69) is 41.5 Å². The maximum Gasteiger partial charge on any atom is 0.504 e. The molecule has 0 amide bonds. The second-order valence-electron chi connectivity index (χ2n) is 7.66. The highest BCUT2D eigenvalue weighted by Crippen LogP contribution is 2.40. The van der Waals surface area contributed by atoms with Gasteiger partial charge in [-0.3, -0.25) is 0 Å². The van der Waals surface area contributed by atoms with E-state index in [1.807, 2.05) is 0 Å². The fraction of sp³-hybridized carbons (Fsp3) is 1.00. The average Bonchev–Trinajstić information content (AvgIpc) is 2.53. The Morgan fingerprint density at radius 3 is 1.33 bits per heavy atom. The van der Waals surface area contributed by atoms with Crippen molar-refractivity contribution >= 4 is 8.80 Å². The summed E-state index contributed by atoms with van der Waals surface area (Å²) in [5.41, 5.74) is 0.467. The Bertz CT molecular complexity index is 285. The SMILES string of the molecule is CCC(C)O[Si](OC(C)CC)(OC(C)CC)C1CCCCCCC1. The molecule has 0 saturated heterocycles. The summed E-state index contributed by atoms with van der Waals surface area (Å²) in [6.45, 7) is 13.1. The largest absolute Gasteiger partial charge is 0.504 e. The van der Waals surface area contributed by atoms with Crippen LogP contribution in [0.5, 0.6) is 0 Å². The molecule has 3 atom stereocenters. The van der Waals surface area contributed by atoms with Gasteiger partial charge in [0.15, 0.2) is 0 Å². The lowest BCUT2D eigenvalue weighted by molar-refractivity contribution is -0.0205. The topological polar surface area (TPSA) is 27.7 Å². The van der Waals surface area contributed by atoms with Crippen molar-refractivity contribution in [2.24, 2.45) is 0 Å². The van der Waals surface area contributed by atoms with Crippen molar-refractivity contribution in [3.05, 3.63) is 0 Å². The molecule has 4 heteroatoms. The molecule has 1 aliphatic rings. The summed E-state index contributed by atoms with van der Waals surface area (Å²) in [6.07, 6.45) is 12.7. The molecule has 1 rings (SSSR count). The van der Waals surface area contributed by atoms with Gasteiger partial charge in [-0.05, 0) is 52.9 Å². The molecule has 0 bridgehead atoms. The molecule has 3 unspecified atom stereocenters. The third-order valence-corrected chi connectivity index (χ3v) is 9.20. The highest BCUT2D eigenvalue weighted by atomic mass is 28.4. The molecule has 0 radical (unpaired) electrons. The van der Waals surface area contributed by atoms with Crippen LogP contribution in [-0.2, 0) is 13.3 Å². The Morgan fingerprint density at radius 1 is 0.667 bits per heavy atom. The van der Waals surface area contributed by atoms with E-state index in [4.69, 9.17) is 13.3 Å². The maximum absolute atomic E-state index is 6.66. The second kappa shape index (κ2) is 11.7. The van der Waals surface area contributed by atoms with Crippen LogP contribution in [0, 0.1) is 0 Å². The van der Waals surface area contributed by atoms with E-state index in [0.717, 1.165) is 19.3 Å². The molecule has 0 aromatic heterocycles. The van der Waals surface area contributed by atoms with Gasteiger partial charge >= 0.3 is 8.80 Å². The zero-order valence-corrected chi connectivity index (χ0v) is 18.1. The van der Waals surface area contributed by atoms with E-state index in [1.165, 1.54) is 44.9 Å². The van der Waals surface area contributed by atoms with Gasteiger partial charge in [0.2, 0.25) is 0 Å². The van der Waals surface area contributed by atoms with Gasteiger partial charge in [0, 0.05) is 23.9 Å². The molecule has 0 N–H and O–H groups in total. The minimum Gasteiger partial charge on any atom is -0.370 e. The smallest absolute Gasteiger partial charge is 0.370 e. The van der Waals surface area contributed by atoms with E-state index < -0.39 is 8.80 Å². The molecule has 0 aromatic rings. The van der Waals surface area contributed by atoms with Gasteiger partial charge in [0.05, 0.1) is 0 Å². The van der Waals surface area contributed by atoms with Crippen LogP contribution >= 0.6 is 0 Å². The lowest BCUT2D eigenvalue weighted by Crippen LogP contribution is -2.55. The van der Waals surface area contributed by atoms with Crippen molar-refractivity contribution in [1.29, 1.82) is 0 Å². The first-order chi connectivity index (χ1) is 11.5. The minimum absolute atomic E-state index is 0.204. The van der Waals surface area contributed by atoms with Crippen molar-refractivity contribution in [3.8, 4) is 0 Å². The second-order valence-corrected chi connectivity index (χ2v) is 10.4. The van der Waals surface area contributed by atoms with Gasteiger partial charge < -0.3 is 13.3 Å². The summed E-state index contributed by atoms with van der Waals surface area (Å²) in [5.74, 6) is 0. The Labute approximate surface area is 152 Å². The first-order valence-electron chi connectivity index (χ1n) is 10.5. The lowest BCUT2D eigenvalue weighted by atomic mass is 10.0. The molecule has 0 aromatic carbocycles. The highest BCUT2D eigenvalue weighted by molar-refractivity contribution is 6.62. The van der Waals surface area contributed by atoms with Crippen molar-refractivity contribution in [2.75, 3.05) is 0 Å². The predicted octanol–water partition coefficient (Wildman–Crippen LogP) is 6.49.